The van der Waals surface area contributed by atoms with E-state index in [1.54, 1.807) is 13.1 Å². The number of aromatic nitrogens is 1. The molecule has 1 aromatic heterocycles. The van der Waals surface area contributed by atoms with Crippen molar-refractivity contribution in [3.63, 3.8) is 0 Å². The highest BCUT2D eigenvalue weighted by atomic mass is 16.5. The Bertz CT molecular complexity index is 339. The van der Waals surface area contributed by atoms with Crippen molar-refractivity contribution in [3.05, 3.63) is 29.1 Å². The number of hydrogen-bond acceptors (Lipinski definition) is 4. The number of rotatable bonds is 2. The first-order valence-corrected chi connectivity index (χ1v) is 4.67. The van der Waals surface area contributed by atoms with Crippen molar-refractivity contribution in [3.8, 4) is 0 Å². The Hall–Kier alpha value is -0.970. The second kappa shape index (κ2) is 3.65. The molecule has 14 heavy (non-hydrogen) atoms. The van der Waals surface area contributed by atoms with E-state index in [2.05, 4.69) is 4.98 Å². The van der Waals surface area contributed by atoms with Crippen molar-refractivity contribution in [2.75, 3.05) is 0 Å². The molecule has 0 radical (unpaired) electrons. The van der Waals surface area contributed by atoms with Crippen molar-refractivity contribution < 1.29 is 9.84 Å². The van der Waals surface area contributed by atoms with Gasteiger partial charge in [-0.05, 0) is 13.0 Å². The molecule has 0 aromatic carbocycles. The molecule has 0 fully saturated rings. The fraction of sp³-hybridized carbons (Fsp3) is 0.500. The molecule has 2 heterocycles. The minimum Gasteiger partial charge on any atom is -0.387 e. The van der Waals surface area contributed by atoms with E-state index in [4.69, 9.17) is 10.5 Å². The molecule has 2 unspecified atom stereocenters. The molecule has 3 N–H and O–H groups in total. The summed E-state index contributed by atoms with van der Waals surface area (Å²) in [6, 6.07) is 1.64. The van der Waals surface area contributed by atoms with Gasteiger partial charge in [0.2, 0.25) is 0 Å². The van der Waals surface area contributed by atoms with E-state index in [9.17, 15) is 5.11 Å². The first-order chi connectivity index (χ1) is 6.68. The number of fused-ring (bicyclic) bond motifs is 1. The molecular formula is C10H14N2O2. The summed E-state index contributed by atoms with van der Waals surface area (Å²) in [6.07, 6.45) is 1.02. The molecule has 1 aliphatic rings. The van der Waals surface area contributed by atoms with Crippen molar-refractivity contribution in [2.45, 2.75) is 32.3 Å². The van der Waals surface area contributed by atoms with Gasteiger partial charge >= 0.3 is 0 Å². The monoisotopic (exact) mass is 194 g/mol. The Labute approximate surface area is 82.7 Å². The highest BCUT2D eigenvalue weighted by molar-refractivity contribution is 5.28. The van der Waals surface area contributed by atoms with E-state index in [-0.39, 0.29) is 6.04 Å². The Morgan fingerprint density at radius 2 is 2.36 bits per heavy atom. The number of nitrogens with zero attached hydrogens (tertiary/aromatic N) is 1. The van der Waals surface area contributed by atoms with Gasteiger partial charge in [0.25, 0.3) is 0 Å². The first-order valence-electron chi connectivity index (χ1n) is 4.67. The van der Waals surface area contributed by atoms with Gasteiger partial charge in [0.05, 0.1) is 25.0 Å². The van der Waals surface area contributed by atoms with E-state index in [0.717, 1.165) is 16.8 Å². The van der Waals surface area contributed by atoms with Crippen LogP contribution in [0.2, 0.25) is 0 Å². The maximum Gasteiger partial charge on any atom is 0.0953 e. The minimum atomic E-state index is -0.645. The van der Waals surface area contributed by atoms with Crippen LogP contribution in [0.25, 0.3) is 0 Å². The SMILES string of the molecule is CC(N)C(O)c1cnc2c(c1)COC2. The fourth-order valence-electron chi connectivity index (χ4n) is 1.54. The molecule has 0 bridgehead atoms. The lowest BCUT2D eigenvalue weighted by Gasteiger charge is -2.14. The summed E-state index contributed by atoms with van der Waals surface area (Å²) in [7, 11) is 0. The average molecular weight is 194 g/mol. The van der Waals surface area contributed by atoms with Crippen molar-refractivity contribution >= 4 is 0 Å². The molecule has 4 heteroatoms. The summed E-state index contributed by atoms with van der Waals surface area (Å²) in [6.45, 7) is 2.93. The molecule has 0 saturated carbocycles. The molecule has 76 valence electrons. The summed E-state index contributed by atoms with van der Waals surface area (Å²) in [5, 5.41) is 9.72. The van der Waals surface area contributed by atoms with Crippen molar-refractivity contribution in [1.82, 2.24) is 4.98 Å². The van der Waals surface area contributed by atoms with E-state index in [0.29, 0.717) is 13.2 Å². The quantitative estimate of drug-likeness (QED) is 0.719. The normalized spacial score (nSPS) is 19.1. The number of nitrogens with two attached hydrogens (primary N) is 1. The predicted molar refractivity (Wildman–Crippen MR) is 51.3 cm³/mol. The number of ether oxygens (including phenoxy) is 1. The lowest BCUT2D eigenvalue weighted by atomic mass is 10.0. The predicted octanol–water partition coefficient (Wildman–Crippen LogP) is 0.492. The number of aliphatic hydroxyl groups is 1. The second-order valence-electron chi connectivity index (χ2n) is 3.67. The Kier molecular flexibility index (Phi) is 2.50. The lowest BCUT2D eigenvalue weighted by molar-refractivity contribution is 0.133. The molecule has 0 spiro atoms. The van der Waals surface area contributed by atoms with Gasteiger partial charge in [0.1, 0.15) is 0 Å². The molecule has 0 saturated heterocycles. The maximum absolute atomic E-state index is 9.72. The topological polar surface area (TPSA) is 68.4 Å². The van der Waals surface area contributed by atoms with Gasteiger partial charge in [-0.2, -0.15) is 0 Å². The van der Waals surface area contributed by atoms with Crippen LogP contribution in [0.4, 0.5) is 0 Å². The number of hydrogen-bond donors (Lipinski definition) is 2. The van der Waals surface area contributed by atoms with Crippen LogP contribution in [-0.4, -0.2) is 16.1 Å². The zero-order valence-corrected chi connectivity index (χ0v) is 8.10. The lowest BCUT2D eigenvalue weighted by Crippen LogP contribution is -2.24. The summed E-state index contributed by atoms with van der Waals surface area (Å²) in [5.41, 5.74) is 8.39. The van der Waals surface area contributed by atoms with E-state index in [1.807, 2.05) is 6.07 Å². The summed E-state index contributed by atoms with van der Waals surface area (Å²) >= 11 is 0. The van der Waals surface area contributed by atoms with Gasteiger partial charge in [-0.1, -0.05) is 0 Å². The Morgan fingerprint density at radius 1 is 1.57 bits per heavy atom. The molecule has 0 amide bonds. The molecule has 1 aliphatic heterocycles. The Balaban J connectivity index is 2.28. The highest BCUT2D eigenvalue weighted by Crippen LogP contribution is 2.22. The van der Waals surface area contributed by atoms with Crippen LogP contribution in [0.3, 0.4) is 0 Å². The van der Waals surface area contributed by atoms with Crippen LogP contribution < -0.4 is 5.73 Å². The zero-order chi connectivity index (χ0) is 10.1. The van der Waals surface area contributed by atoms with Crippen molar-refractivity contribution in [1.29, 1.82) is 0 Å². The smallest absolute Gasteiger partial charge is 0.0953 e. The van der Waals surface area contributed by atoms with Gasteiger partial charge in [-0.3, -0.25) is 4.98 Å². The third-order valence-corrected chi connectivity index (χ3v) is 2.42. The first kappa shape index (κ1) is 9.58. The minimum absolute atomic E-state index is 0.280. The van der Waals surface area contributed by atoms with Crippen LogP contribution in [0.15, 0.2) is 12.3 Å². The highest BCUT2D eigenvalue weighted by Gasteiger charge is 2.17. The van der Waals surface area contributed by atoms with E-state index in [1.165, 1.54) is 0 Å². The fourth-order valence-corrected chi connectivity index (χ4v) is 1.54. The molecule has 0 aliphatic carbocycles. The molecule has 4 nitrogen and oxygen atoms in total. The van der Waals surface area contributed by atoms with Crippen LogP contribution in [-0.2, 0) is 18.0 Å². The van der Waals surface area contributed by atoms with Crippen LogP contribution in [0.1, 0.15) is 29.8 Å². The van der Waals surface area contributed by atoms with E-state index >= 15 is 0 Å². The third kappa shape index (κ3) is 1.64. The molecule has 1 aromatic rings. The van der Waals surface area contributed by atoms with Gasteiger partial charge in [-0.25, -0.2) is 0 Å². The summed E-state index contributed by atoms with van der Waals surface area (Å²) in [5.74, 6) is 0. The van der Waals surface area contributed by atoms with Crippen molar-refractivity contribution in [2.24, 2.45) is 5.73 Å². The Morgan fingerprint density at radius 3 is 3.07 bits per heavy atom. The van der Waals surface area contributed by atoms with Crippen LogP contribution >= 0.6 is 0 Å². The third-order valence-electron chi connectivity index (χ3n) is 2.42. The standard InChI is InChI=1S/C10H14N2O2/c1-6(11)10(13)7-2-8-4-14-5-9(8)12-3-7/h2-3,6,10,13H,4-5,11H2,1H3. The second-order valence-corrected chi connectivity index (χ2v) is 3.67. The summed E-state index contributed by atoms with van der Waals surface area (Å²) < 4.78 is 5.23. The van der Waals surface area contributed by atoms with E-state index < -0.39 is 6.10 Å². The maximum atomic E-state index is 9.72. The number of pyridine rings is 1. The van der Waals surface area contributed by atoms with Gasteiger partial charge in [0, 0.05) is 23.4 Å². The largest absolute Gasteiger partial charge is 0.387 e. The van der Waals surface area contributed by atoms with Gasteiger partial charge < -0.3 is 15.6 Å². The molecule has 2 rings (SSSR count). The average Bonchev–Trinajstić information content (AvgIpc) is 2.62. The summed E-state index contributed by atoms with van der Waals surface area (Å²) in [4.78, 5) is 4.22. The number of aliphatic hydroxyl groups excluding tert-OH is 1. The molecular weight excluding hydrogens is 180 g/mol. The zero-order valence-electron chi connectivity index (χ0n) is 8.10. The van der Waals surface area contributed by atoms with Gasteiger partial charge in [0.15, 0.2) is 0 Å². The van der Waals surface area contributed by atoms with Gasteiger partial charge in [-0.15, -0.1) is 0 Å². The van der Waals surface area contributed by atoms with Crippen LogP contribution in [0, 0.1) is 0 Å². The molecule has 2 atom stereocenters. The van der Waals surface area contributed by atoms with Crippen LogP contribution in [0.5, 0.6) is 0 Å².